The maximum absolute atomic E-state index is 13.2. The lowest BCUT2D eigenvalue weighted by Crippen LogP contribution is -2.48. The zero-order valence-electron chi connectivity index (χ0n) is 32.6. The molecule has 0 aliphatic heterocycles. The number of methoxy groups -OCH3 is 1. The van der Waals surface area contributed by atoms with Crippen LogP contribution in [-0.4, -0.2) is 97.9 Å². The molecule has 5 aromatic rings. The Morgan fingerprint density at radius 3 is 2.43 bits per heavy atom. The summed E-state index contributed by atoms with van der Waals surface area (Å²) in [4.78, 5) is 62.3. The van der Waals surface area contributed by atoms with E-state index in [4.69, 9.17) is 36.5 Å². The molecular weight excluding hydrogens is 742 g/mol. The topological polar surface area (TPSA) is 213 Å². The Morgan fingerprint density at radius 1 is 0.929 bits per heavy atom. The third-order valence-electron chi connectivity index (χ3n) is 8.07. The quantitative estimate of drug-likeness (QED) is 0.0503. The second kappa shape index (κ2) is 17.7. The maximum Gasteiger partial charge on any atom is 0.437 e. The van der Waals surface area contributed by atoms with E-state index in [1.807, 2.05) is 30.3 Å². The second-order valence-corrected chi connectivity index (χ2v) is 15.2. The highest BCUT2D eigenvalue weighted by Crippen LogP contribution is 2.34. The maximum atomic E-state index is 13.2. The number of fused-ring (bicyclic) bond motifs is 3. The number of nitrogens with two attached hydrogens (primary N) is 1. The number of carbonyl (C=O) groups is 3. The van der Waals surface area contributed by atoms with Crippen LogP contribution in [0, 0.1) is 0 Å². The molecule has 3 amide bonds. The van der Waals surface area contributed by atoms with Gasteiger partial charge in [0.1, 0.15) is 28.8 Å². The van der Waals surface area contributed by atoms with Crippen LogP contribution in [0.2, 0.25) is 5.02 Å². The van der Waals surface area contributed by atoms with Gasteiger partial charge in [0.2, 0.25) is 11.9 Å². The molecule has 17 nitrogen and oxygen atoms in total. The first kappa shape index (κ1) is 41.2. The average Bonchev–Trinajstić information content (AvgIpc) is 3.52. The number of hydrogen-bond acceptors (Lipinski definition) is 12. The van der Waals surface area contributed by atoms with E-state index in [1.165, 1.54) is 6.33 Å². The summed E-state index contributed by atoms with van der Waals surface area (Å²) in [6.45, 7) is 11.7. The molecule has 0 fully saturated rings. The van der Waals surface area contributed by atoms with Crippen molar-refractivity contribution < 1.29 is 28.6 Å². The zero-order chi connectivity index (χ0) is 40.6. The van der Waals surface area contributed by atoms with Crippen LogP contribution < -0.4 is 26.4 Å². The van der Waals surface area contributed by atoms with E-state index >= 15 is 0 Å². The van der Waals surface area contributed by atoms with Crippen LogP contribution in [0.1, 0.15) is 54.4 Å². The number of halogens is 1. The summed E-state index contributed by atoms with van der Waals surface area (Å²) >= 11 is 6.32. The van der Waals surface area contributed by atoms with E-state index in [0.717, 1.165) is 27.5 Å². The lowest BCUT2D eigenvalue weighted by molar-refractivity contribution is -0.121. The van der Waals surface area contributed by atoms with Crippen molar-refractivity contribution in [3.05, 3.63) is 54.1 Å². The van der Waals surface area contributed by atoms with Gasteiger partial charge >= 0.3 is 12.2 Å². The van der Waals surface area contributed by atoms with Gasteiger partial charge in [0, 0.05) is 54.9 Å². The van der Waals surface area contributed by atoms with Crippen LogP contribution >= 0.6 is 11.6 Å². The molecule has 3 heterocycles. The molecule has 18 heteroatoms. The molecule has 0 spiro atoms. The van der Waals surface area contributed by atoms with Gasteiger partial charge in [-0.15, -0.1) is 4.99 Å². The van der Waals surface area contributed by atoms with Crippen molar-refractivity contribution in [2.75, 3.05) is 44.3 Å². The minimum atomic E-state index is -0.921. The van der Waals surface area contributed by atoms with Gasteiger partial charge in [0.25, 0.3) is 0 Å². The molecule has 0 saturated carbocycles. The number of imidazole rings is 1. The van der Waals surface area contributed by atoms with Gasteiger partial charge in [-0.3, -0.25) is 10.1 Å². The van der Waals surface area contributed by atoms with Crippen LogP contribution in [-0.2, 0) is 20.8 Å². The number of guanidine groups is 1. The Labute approximate surface area is 329 Å². The van der Waals surface area contributed by atoms with Crippen LogP contribution in [0.3, 0.4) is 0 Å². The van der Waals surface area contributed by atoms with Crippen molar-refractivity contribution >= 4 is 80.1 Å². The van der Waals surface area contributed by atoms with Crippen molar-refractivity contribution in [1.82, 2.24) is 40.0 Å². The molecule has 0 radical (unpaired) electrons. The predicted octanol–water partition coefficient (Wildman–Crippen LogP) is 5.90. The first-order valence-electron chi connectivity index (χ1n) is 18.0. The Hall–Kier alpha value is -5.97. The van der Waals surface area contributed by atoms with Gasteiger partial charge < -0.3 is 40.0 Å². The molecule has 0 aliphatic rings. The first-order chi connectivity index (χ1) is 26.5. The van der Waals surface area contributed by atoms with Crippen molar-refractivity contribution in [2.24, 2.45) is 4.99 Å². The first-order valence-corrected chi connectivity index (χ1v) is 18.4. The number of pyridine rings is 1. The molecule has 298 valence electrons. The fourth-order valence-electron chi connectivity index (χ4n) is 5.67. The molecule has 0 saturated heterocycles. The number of rotatable bonds is 12. The fraction of sp³-hybridized carbons (Fsp3) is 0.421. The number of nitrogens with zero attached hydrogens (tertiary/aromatic N) is 7. The number of carbonyl (C=O) groups excluding carboxylic acids is 3. The van der Waals surface area contributed by atoms with E-state index < -0.39 is 23.4 Å². The van der Waals surface area contributed by atoms with E-state index in [2.05, 4.69) is 35.9 Å². The lowest BCUT2D eigenvalue weighted by Gasteiger charge is -2.28. The summed E-state index contributed by atoms with van der Waals surface area (Å²) in [6, 6.07) is 11.2. The monoisotopic (exact) mass is 789 g/mol. The van der Waals surface area contributed by atoms with Gasteiger partial charge in [-0.25, -0.2) is 29.5 Å². The predicted molar refractivity (Wildman–Crippen MR) is 216 cm³/mol. The third-order valence-corrected chi connectivity index (χ3v) is 8.30. The third kappa shape index (κ3) is 11.3. The highest BCUT2D eigenvalue weighted by atomic mass is 35.5. The van der Waals surface area contributed by atoms with Gasteiger partial charge in [-0.1, -0.05) is 11.6 Å². The molecule has 0 aliphatic carbocycles. The van der Waals surface area contributed by atoms with Crippen LogP contribution in [0.15, 0.2) is 54.0 Å². The van der Waals surface area contributed by atoms with Gasteiger partial charge in [0.15, 0.2) is 11.5 Å². The number of alkyl carbamates (subject to hydrolysis) is 1. The summed E-state index contributed by atoms with van der Waals surface area (Å²) in [7, 11) is 1.60. The molecule has 5 rings (SSSR count). The van der Waals surface area contributed by atoms with Crippen LogP contribution in [0.4, 0.5) is 21.1 Å². The lowest BCUT2D eigenvalue weighted by atomic mass is 10.1. The van der Waals surface area contributed by atoms with Crippen molar-refractivity contribution in [3.8, 4) is 5.75 Å². The second-order valence-electron chi connectivity index (χ2n) is 14.8. The Balaban J connectivity index is 1.35. The number of ether oxygens (including phenoxy) is 3. The van der Waals surface area contributed by atoms with E-state index in [-0.39, 0.29) is 43.7 Å². The Morgan fingerprint density at radius 2 is 1.70 bits per heavy atom. The zero-order valence-corrected chi connectivity index (χ0v) is 33.4. The number of nitrogen functional groups attached to an aromatic ring is 1. The molecule has 0 atom stereocenters. The van der Waals surface area contributed by atoms with Crippen LogP contribution in [0.5, 0.6) is 5.75 Å². The molecular formula is C38H48ClN11O6. The highest BCUT2D eigenvalue weighted by Gasteiger charge is 2.24. The van der Waals surface area contributed by atoms with E-state index in [1.54, 1.807) is 70.5 Å². The van der Waals surface area contributed by atoms with Crippen molar-refractivity contribution in [1.29, 1.82) is 0 Å². The number of nitrogens with one attached hydrogen (secondary N) is 3. The number of amides is 3. The van der Waals surface area contributed by atoms with Crippen molar-refractivity contribution in [3.63, 3.8) is 0 Å². The normalized spacial score (nSPS) is 12.1. The van der Waals surface area contributed by atoms with Gasteiger partial charge in [0.05, 0.1) is 30.2 Å². The SMILES string of the molecule is COc1ccc2nc3cc(Cl)ccc3c(NCCCN(CCC(=O)NCCn3cnc4c(N)ncnc43)/C(=N/C(=O)OC(C)(C)C)NC(=O)OC(C)(C)C)c2c1. The minimum absolute atomic E-state index is 0.00323. The summed E-state index contributed by atoms with van der Waals surface area (Å²) in [5.41, 5.74) is 7.55. The summed E-state index contributed by atoms with van der Waals surface area (Å²) in [5, 5.41) is 11.3. The Bertz CT molecular complexity index is 2250. The molecule has 0 bridgehead atoms. The number of hydrogen-bond donors (Lipinski definition) is 4. The van der Waals surface area contributed by atoms with Crippen molar-refractivity contribution in [2.45, 2.75) is 72.1 Å². The number of anilines is 2. The standard InChI is InChI=1S/C38H48ClN11O6/c1-37(2,3)55-35(52)47-34(48-36(53)56-38(4,5)6)49(17-13-29(51)41-15-18-50-22-45-31-32(40)43-21-44-33(31)50)16-8-14-42-30-25-11-9-23(39)19-28(25)46-27-12-10-24(54-7)20-26(27)30/h9-12,19-22H,8,13-18H2,1-7H3,(H,41,51)(H,42,46)(H2,40,43,44)(H,47,48,52,53). The minimum Gasteiger partial charge on any atom is -0.497 e. The highest BCUT2D eigenvalue weighted by molar-refractivity contribution is 6.31. The van der Waals surface area contributed by atoms with Gasteiger partial charge in [-0.05, 0) is 84.4 Å². The molecule has 3 aromatic heterocycles. The summed E-state index contributed by atoms with van der Waals surface area (Å²) in [6.07, 6.45) is 1.67. The largest absolute Gasteiger partial charge is 0.497 e. The average molecular weight is 790 g/mol. The van der Waals surface area contributed by atoms with Gasteiger partial charge in [-0.2, -0.15) is 0 Å². The van der Waals surface area contributed by atoms with E-state index in [0.29, 0.717) is 41.4 Å². The van der Waals surface area contributed by atoms with E-state index in [9.17, 15) is 14.4 Å². The number of benzene rings is 2. The fourth-order valence-corrected chi connectivity index (χ4v) is 5.83. The summed E-state index contributed by atoms with van der Waals surface area (Å²) < 4.78 is 18.2. The molecule has 5 N–H and O–H groups in total. The summed E-state index contributed by atoms with van der Waals surface area (Å²) in [5.74, 6) is 0.545. The molecule has 0 unspecified atom stereocenters. The number of aliphatic imine (C=N–C) groups is 1. The molecule has 56 heavy (non-hydrogen) atoms. The smallest absolute Gasteiger partial charge is 0.437 e. The van der Waals surface area contributed by atoms with Crippen LogP contribution in [0.25, 0.3) is 33.0 Å². The number of aromatic nitrogens is 5. The Kier molecular flexibility index (Phi) is 13.0. The molecule has 2 aromatic carbocycles.